The molecule has 21 heavy (non-hydrogen) atoms. The van der Waals surface area contributed by atoms with Crippen molar-refractivity contribution in [3.8, 4) is 11.4 Å². The topological polar surface area (TPSA) is 66.0 Å². The molecule has 0 aliphatic carbocycles. The van der Waals surface area contributed by atoms with Crippen molar-refractivity contribution in [2.75, 3.05) is 0 Å². The van der Waals surface area contributed by atoms with E-state index in [-0.39, 0.29) is 22.4 Å². The molecule has 0 spiro atoms. The Hall–Kier alpha value is -2.76. The molecule has 0 bridgehead atoms. The van der Waals surface area contributed by atoms with Gasteiger partial charge in [0.1, 0.15) is 23.0 Å². The van der Waals surface area contributed by atoms with E-state index >= 15 is 0 Å². The quantitative estimate of drug-likeness (QED) is 0.758. The molecule has 2 aromatic carbocycles. The van der Waals surface area contributed by atoms with Crippen LogP contribution in [0.4, 0.5) is 8.78 Å². The zero-order chi connectivity index (χ0) is 15.1. The molecule has 4 nitrogen and oxygen atoms in total. The monoisotopic (exact) mass is 288 g/mol. The van der Waals surface area contributed by atoms with Crippen molar-refractivity contribution in [1.29, 1.82) is 0 Å². The summed E-state index contributed by atoms with van der Waals surface area (Å²) < 4.78 is 26.6. The SMILES string of the molecule is Cc1cc(F)ccc1-c1nc2c(C(=O)O)cc(F)cc2[nH]1. The largest absolute Gasteiger partial charge is 0.478 e. The van der Waals surface area contributed by atoms with Crippen LogP contribution in [0.25, 0.3) is 22.4 Å². The van der Waals surface area contributed by atoms with Crippen molar-refractivity contribution < 1.29 is 18.7 Å². The number of halogens is 2. The number of fused-ring (bicyclic) bond motifs is 1. The number of aromatic carboxylic acids is 1. The van der Waals surface area contributed by atoms with Gasteiger partial charge in [0.2, 0.25) is 0 Å². The first-order valence-corrected chi connectivity index (χ1v) is 6.15. The Bertz CT molecular complexity index is 871. The number of nitrogens with zero attached hydrogens (tertiary/aromatic N) is 1. The van der Waals surface area contributed by atoms with Crippen molar-refractivity contribution in [1.82, 2.24) is 9.97 Å². The minimum absolute atomic E-state index is 0.169. The van der Waals surface area contributed by atoms with E-state index in [0.717, 1.165) is 6.07 Å². The second-order valence-electron chi connectivity index (χ2n) is 4.70. The Morgan fingerprint density at radius 2 is 1.95 bits per heavy atom. The Morgan fingerprint density at radius 1 is 1.19 bits per heavy atom. The van der Waals surface area contributed by atoms with Gasteiger partial charge in [0.25, 0.3) is 0 Å². The van der Waals surface area contributed by atoms with Crippen LogP contribution >= 0.6 is 0 Å². The first kappa shape index (κ1) is 13.2. The van der Waals surface area contributed by atoms with Crippen molar-refractivity contribution in [2.24, 2.45) is 0 Å². The van der Waals surface area contributed by atoms with Crippen LogP contribution in [0.1, 0.15) is 15.9 Å². The van der Waals surface area contributed by atoms with Crippen molar-refractivity contribution in [2.45, 2.75) is 6.92 Å². The number of hydrogen-bond acceptors (Lipinski definition) is 2. The average molecular weight is 288 g/mol. The average Bonchev–Trinajstić information content (AvgIpc) is 2.80. The molecule has 0 saturated carbocycles. The molecule has 1 heterocycles. The van der Waals surface area contributed by atoms with E-state index in [1.165, 1.54) is 18.2 Å². The molecule has 0 aliphatic heterocycles. The highest BCUT2D eigenvalue weighted by Crippen LogP contribution is 2.26. The lowest BCUT2D eigenvalue weighted by atomic mass is 10.1. The second-order valence-corrected chi connectivity index (χ2v) is 4.70. The number of rotatable bonds is 2. The van der Waals surface area contributed by atoms with Gasteiger partial charge in [-0.15, -0.1) is 0 Å². The summed E-state index contributed by atoms with van der Waals surface area (Å²) in [5.41, 5.74) is 1.51. The van der Waals surface area contributed by atoms with Gasteiger partial charge >= 0.3 is 5.97 Å². The lowest BCUT2D eigenvalue weighted by molar-refractivity contribution is 0.0698. The van der Waals surface area contributed by atoms with Gasteiger partial charge in [-0.25, -0.2) is 18.6 Å². The fourth-order valence-electron chi connectivity index (χ4n) is 2.27. The maximum atomic E-state index is 13.4. The molecular formula is C15H10F2N2O2. The van der Waals surface area contributed by atoms with Crippen molar-refractivity contribution in [3.63, 3.8) is 0 Å². The summed E-state index contributed by atoms with van der Waals surface area (Å²) in [5.74, 6) is -1.92. The molecule has 0 unspecified atom stereocenters. The van der Waals surface area contributed by atoms with E-state index in [2.05, 4.69) is 9.97 Å². The van der Waals surface area contributed by atoms with Gasteiger partial charge in [-0.05, 0) is 42.8 Å². The Morgan fingerprint density at radius 3 is 2.62 bits per heavy atom. The fourth-order valence-corrected chi connectivity index (χ4v) is 2.27. The smallest absolute Gasteiger partial charge is 0.338 e. The molecule has 3 aromatic rings. The molecule has 0 radical (unpaired) electrons. The maximum Gasteiger partial charge on any atom is 0.338 e. The van der Waals surface area contributed by atoms with E-state index < -0.39 is 11.8 Å². The Labute approximate surface area is 118 Å². The van der Waals surface area contributed by atoms with E-state index in [9.17, 15) is 13.6 Å². The molecule has 0 saturated heterocycles. The van der Waals surface area contributed by atoms with Crippen LogP contribution < -0.4 is 0 Å². The summed E-state index contributed by atoms with van der Waals surface area (Å²) in [5, 5.41) is 9.11. The van der Waals surface area contributed by atoms with E-state index in [0.29, 0.717) is 17.0 Å². The molecule has 0 fully saturated rings. The summed E-state index contributed by atoms with van der Waals surface area (Å²) in [4.78, 5) is 18.2. The molecule has 1 aromatic heterocycles. The third kappa shape index (κ3) is 2.24. The highest BCUT2D eigenvalue weighted by atomic mass is 19.1. The minimum Gasteiger partial charge on any atom is -0.478 e. The number of aryl methyl sites for hydroxylation is 1. The lowest BCUT2D eigenvalue weighted by Crippen LogP contribution is -1.98. The van der Waals surface area contributed by atoms with Crippen LogP contribution in [-0.2, 0) is 0 Å². The number of carbonyl (C=O) groups is 1. The van der Waals surface area contributed by atoms with Gasteiger partial charge in [-0.3, -0.25) is 0 Å². The van der Waals surface area contributed by atoms with Crippen LogP contribution in [0.5, 0.6) is 0 Å². The van der Waals surface area contributed by atoms with E-state index in [1.807, 2.05) is 0 Å². The number of carboxylic acid groups (broad SMARTS) is 1. The van der Waals surface area contributed by atoms with Crippen molar-refractivity contribution in [3.05, 3.63) is 53.1 Å². The van der Waals surface area contributed by atoms with Gasteiger partial charge < -0.3 is 10.1 Å². The van der Waals surface area contributed by atoms with Gasteiger partial charge in [0.15, 0.2) is 0 Å². The predicted octanol–water partition coefficient (Wildman–Crippen LogP) is 3.51. The Kier molecular flexibility index (Phi) is 2.94. The highest BCUT2D eigenvalue weighted by molar-refractivity contribution is 6.01. The van der Waals surface area contributed by atoms with E-state index in [4.69, 9.17) is 5.11 Å². The standard InChI is InChI=1S/C15H10F2N2O2/c1-7-4-8(16)2-3-10(7)14-18-12-6-9(17)5-11(15(20)21)13(12)19-14/h2-6H,1H3,(H,18,19)(H,20,21). The van der Waals surface area contributed by atoms with Crippen molar-refractivity contribution >= 4 is 17.0 Å². The number of H-pyrrole nitrogens is 1. The summed E-state index contributed by atoms with van der Waals surface area (Å²) in [6.45, 7) is 1.71. The molecule has 106 valence electrons. The highest BCUT2D eigenvalue weighted by Gasteiger charge is 2.16. The minimum atomic E-state index is -1.26. The van der Waals surface area contributed by atoms with E-state index in [1.54, 1.807) is 13.0 Å². The number of nitrogens with one attached hydrogen (secondary N) is 1. The van der Waals surface area contributed by atoms with Crippen LogP contribution in [0, 0.1) is 18.6 Å². The first-order chi connectivity index (χ1) is 9.95. The molecule has 0 amide bonds. The van der Waals surface area contributed by atoms with Crippen LogP contribution in [0.15, 0.2) is 30.3 Å². The van der Waals surface area contributed by atoms with Gasteiger partial charge in [0, 0.05) is 5.56 Å². The Balaban J connectivity index is 2.26. The molecule has 3 rings (SSSR count). The molecular weight excluding hydrogens is 278 g/mol. The van der Waals surface area contributed by atoms with Gasteiger partial charge in [-0.2, -0.15) is 0 Å². The summed E-state index contributed by atoms with van der Waals surface area (Å²) in [6, 6.07) is 6.28. The number of imidazole rings is 1. The molecule has 0 atom stereocenters. The molecule has 2 N–H and O–H groups in total. The zero-order valence-corrected chi connectivity index (χ0v) is 10.9. The lowest BCUT2D eigenvalue weighted by Gasteiger charge is -2.01. The predicted molar refractivity (Wildman–Crippen MR) is 73.1 cm³/mol. The number of hydrogen-bond donors (Lipinski definition) is 2. The normalized spacial score (nSPS) is 11.0. The number of carboxylic acids is 1. The molecule has 6 heteroatoms. The van der Waals surface area contributed by atoms with Gasteiger partial charge in [-0.1, -0.05) is 0 Å². The second kappa shape index (κ2) is 4.66. The third-order valence-electron chi connectivity index (χ3n) is 3.23. The number of benzene rings is 2. The number of aromatic amines is 1. The third-order valence-corrected chi connectivity index (χ3v) is 3.23. The van der Waals surface area contributed by atoms with Gasteiger partial charge in [0.05, 0.1) is 11.1 Å². The van der Waals surface area contributed by atoms with Crippen LogP contribution in [0.3, 0.4) is 0 Å². The number of aromatic nitrogens is 2. The summed E-state index contributed by atoms with van der Waals surface area (Å²) in [7, 11) is 0. The molecule has 0 aliphatic rings. The van der Waals surface area contributed by atoms with Crippen LogP contribution in [-0.4, -0.2) is 21.0 Å². The summed E-state index contributed by atoms with van der Waals surface area (Å²) in [6.07, 6.45) is 0. The fraction of sp³-hybridized carbons (Fsp3) is 0.0667. The maximum absolute atomic E-state index is 13.4. The first-order valence-electron chi connectivity index (χ1n) is 6.15. The summed E-state index contributed by atoms with van der Waals surface area (Å²) >= 11 is 0. The van der Waals surface area contributed by atoms with Crippen LogP contribution in [0.2, 0.25) is 0 Å². The zero-order valence-electron chi connectivity index (χ0n) is 10.9.